The number of hydrogen-bond acceptors (Lipinski definition) is 7. The van der Waals surface area contributed by atoms with E-state index < -0.39 is 6.10 Å². The lowest BCUT2D eigenvalue weighted by molar-refractivity contribution is 0.0840. The summed E-state index contributed by atoms with van der Waals surface area (Å²) in [6, 6.07) is 14.4. The summed E-state index contributed by atoms with van der Waals surface area (Å²) >= 11 is 0. The van der Waals surface area contributed by atoms with Crippen LogP contribution >= 0.6 is 0 Å². The number of fused-ring (bicyclic) bond motifs is 1. The van der Waals surface area contributed by atoms with E-state index in [0.29, 0.717) is 16.9 Å². The summed E-state index contributed by atoms with van der Waals surface area (Å²) in [6.45, 7) is 0. The Labute approximate surface area is 185 Å². The molecule has 0 radical (unpaired) electrons. The number of methoxy groups -OCH3 is 3. The number of aromatic hydroxyl groups is 2. The van der Waals surface area contributed by atoms with Gasteiger partial charge in [0.1, 0.15) is 28.9 Å². The molecule has 0 amide bonds. The first-order chi connectivity index (χ1) is 15.5. The summed E-state index contributed by atoms with van der Waals surface area (Å²) in [5.41, 5.74) is 1.96. The molecule has 0 fully saturated rings. The van der Waals surface area contributed by atoms with Gasteiger partial charge in [-0.2, -0.15) is 0 Å². The van der Waals surface area contributed by atoms with E-state index >= 15 is 0 Å². The molecule has 0 aliphatic carbocycles. The van der Waals surface area contributed by atoms with Gasteiger partial charge in [-0.25, -0.2) is 0 Å². The number of rotatable bonds is 6. The normalized spacial score (nSPS) is 15.0. The van der Waals surface area contributed by atoms with E-state index in [1.165, 1.54) is 27.4 Å². The zero-order valence-electron chi connectivity index (χ0n) is 18.0. The molecule has 1 unspecified atom stereocenters. The van der Waals surface area contributed by atoms with E-state index in [1.54, 1.807) is 12.1 Å². The van der Waals surface area contributed by atoms with Crippen LogP contribution in [0.25, 0.3) is 0 Å². The third kappa shape index (κ3) is 3.66. The average molecular weight is 436 g/mol. The predicted octanol–water partition coefficient (Wildman–Crippen LogP) is 4.42. The van der Waals surface area contributed by atoms with Crippen LogP contribution < -0.4 is 18.9 Å². The summed E-state index contributed by atoms with van der Waals surface area (Å²) in [4.78, 5) is 13.1. The molecule has 4 rings (SSSR count). The van der Waals surface area contributed by atoms with Crippen molar-refractivity contribution in [2.45, 2.75) is 18.9 Å². The lowest BCUT2D eigenvalue weighted by Crippen LogP contribution is -2.22. The second-order valence-electron chi connectivity index (χ2n) is 7.41. The first-order valence-corrected chi connectivity index (χ1v) is 10.1. The first-order valence-electron chi connectivity index (χ1n) is 10.1. The smallest absolute Gasteiger partial charge is 0.204 e. The topological polar surface area (TPSA) is 94.5 Å². The van der Waals surface area contributed by atoms with Crippen molar-refractivity contribution in [2.75, 3.05) is 21.3 Å². The van der Waals surface area contributed by atoms with Gasteiger partial charge in [-0.15, -0.1) is 0 Å². The number of Topliss-reactive ketones (excluding diaryl/α,β-unsaturated/α-hetero) is 1. The third-order valence-electron chi connectivity index (χ3n) is 5.58. The molecule has 166 valence electrons. The van der Waals surface area contributed by atoms with E-state index in [2.05, 4.69) is 0 Å². The highest BCUT2D eigenvalue weighted by molar-refractivity contribution is 6.04. The molecule has 1 aliphatic heterocycles. The van der Waals surface area contributed by atoms with Crippen molar-refractivity contribution in [3.05, 3.63) is 70.8 Å². The Balaban J connectivity index is 1.89. The first kappa shape index (κ1) is 21.4. The van der Waals surface area contributed by atoms with Crippen LogP contribution in [0.15, 0.2) is 48.5 Å². The Hall–Kier alpha value is -3.87. The van der Waals surface area contributed by atoms with Gasteiger partial charge >= 0.3 is 0 Å². The van der Waals surface area contributed by atoms with Crippen LogP contribution in [-0.2, 0) is 6.42 Å². The molecule has 1 heterocycles. The summed E-state index contributed by atoms with van der Waals surface area (Å²) in [7, 11) is 4.35. The Morgan fingerprint density at radius 1 is 0.969 bits per heavy atom. The van der Waals surface area contributed by atoms with Gasteiger partial charge in [0.05, 0.1) is 27.8 Å². The number of ether oxygens (including phenoxy) is 4. The third-order valence-corrected chi connectivity index (χ3v) is 5.58. The molecule has 0 saturated heterocycles. The summed E-state index contributed by atoms with van der Waals surface area (Å²) in [6.07, 6.45) is -0.267. The summed E-state index contributed by atoms with van der Waals surface area (Å²) in [5, 5.41) is 21.3. The zero-order chi connectivity index (χ0) is 22.8. The van der Waals surface area contributed by atoms with Gasteiger partial charge in [-0.1, -0.05) is 36.4 Å². The highest BCUT2D eigenvalue weighted by Crippen LogP contribution is 2.53. The molecule has 0 aromatic heterocycles. The second-order valence-corrected chi connectivity index (χ2v) is 7.41. The fraction of sp³-hybridized carbons (Fsp3) is 0.240. The van der Waals surface area contributed by atoms with Gasteiger partial charge in [0.2, 0.25) is 5.75 Å². The van der Waals surface area contributed by atoms with Crippen molar-refractivity contribution >= 4 is 5.78 Å². The van der Waals surface area contributed by atoms with Gasteiger partial charge in [-0.05, 0) is 17.2 Å². The Bertz CT molecular complexity index is 1150. The molecule has 3 aromatic rings. The number of carbonyl (C=O) groups excluding carboxylic acids is 1. The van der Waals surface area contributed by atoms with E-state index in [1.807, 2.05) is 30.3 Å². The van der Waals surface area contributed by atoms with Gasteiger partial charge in [-0.3, -0.25) is 4.79 Å². The van der Waals surface area contributed by atoms with E-state index in [-0.39, 0.29) is 52.9 Å². The van der Waals surface area contributed by atoms with Crippen molar-refractivity contribution in [1.29, 1.82) is 0 Å². The maximum atomic E-state index is 13.1. The highest BCUT2D eigenvalue weighted by Gasteiger charge is 2.37. The fourth-order valence-corrected chi connectivity index (χ4v) is 3.99. The van der Waals surface area contributed by atoms with Gasteiger partial charge in [0.25, 0.3) is 0 Å². The van der Waals surface area contributed by atoms with Crippen LogP contribution in [0.1, 0.15) is 39.6 Å². The van der Waals surface area contributed by atoms with Crippen LogP contribution in [0, 0.1) is 0 Å². The molecule has 32 heavy (non-hydrogen) atoms. The number of hydrogen-bond donors (Lipinski definition) is 2. The van der Waals surface area contributed by atoms with Crippen LogP contribution in [0.2, 0.25) is 0 Å². The van der Waals surface area contributed by atoms with E-state index in [0.717, 1.165) is 5.56 Å². The molecule has 1 aliphatic rings. The average Bonchev–Trinajstić information content (AvgIpc) is 2.81. The summed E-state index contributed by atoms with van der Waals surface area (Å²) < 4.78 is 22.4. The Morgan fingerprint density at radius 3 is 2.31 bits per heavy atom. The molecule has 0 bridgehead atoms. The van der Waals surface area contributed by atoms with Crippen LogP contribution in [0.4, 0.5) is 0 Å². The molecule has 7 nitrogen and oxygen atoms in total. The number of benzene rings is 3. The van der Waals surface area contributed by atoms with Crippen molar-refractivity contribution in [2.24, 2.45) is 0 Å². The van der Waals surface area contributed by atoms with E-state index in [4.69, 9.17) is 18.9 Å². The highest BCUT2D eigenvalue weighted by atomic mass is 16.5. The number of phenols is 2. The lowest BCUT2D eigenvalue weighted by Gasteiger charge is -2.30. The minimum atomic E-state index is -0.517. The van der Waals surface area contributed by atoms with Crippen LogP contribution in [0.3, 0.4) is 0 Å². The quantitative estimate of drug-likeness (QED) is 0.591. The van der Waals surface area contributed by atoms with Crippen molar-refractivity contribution in [3.63, 3.8) is 0 Å². The lowest BCUT2D eigenvalue weighted by atomic mass is 9.90. The zero-order valence-corrected chi connectivity index (χ0v) is 18.0. The van der Waals surface area contributed by atoms with Crippen molar-refractivity contribution in [3.8, 4) is 34.5 Å². The monoisotopic (exact) mass is 436 g/mol. The van der Waals surface area contributed by atoms with Gasteiger partial charge in [0.15, 0.2) is 17.3 Å². The molecule has 0 spiro atoms. The van der Waals surface area contributed by atoms with Gasteiger partial charge < -0.3 is 29.2 Å². The minimum Gasteiger partial charge on any atom is -0.508 e. The number of carbonyl (C=O) groups is 1. The van der Waals surface area contributed by atoms with Crippen molar-refractivity contribution < 1.29 is 34.0 Å². The van der Waals surface area contributed by atoms with E-state index in [9.17, 15) is 15.0 Å². The standard InChI is InChI=1S/C25H24O7/c1-29-16-10-9-15(18(26)12-16)11-17-23-21(22(28)25(31-3)24(17)30-2)19(27)13-20(32-23)14-7-5-4-6-8-14/h4-10,12,20,26,28H,11,13H2,1-3H3. The SMILES string of the molecule is COc1ccc(Cc2c(OC)c(OC)c(O)c3c2OC(c2ccccc2)CC3=O)c(O)c1. The molecule has 3 aromatic carbocycles. The molecular weight excluding hydrogens is 412 g/mol. The van der Waals surface area contributed by atoms with Gasteiger partial charge in [0, 0.05) is 18.1 Å². The largest absolute Gasteiger partial charge is 0.508 e. The van der Waals surface area contributed by atoms with Crippen LogP contribution in [-0.4, -0.2) is 37.3 Å². The molecule has 1 atom stereocenters. The fourth-order valence-electron chi connectivity index (χ4n) is 3.99. The minimum absolute atomic E-state index is 0.0222. The maximum absolute atomic E-state index is 13.1. The molecule has 0 saturated carbocycles. The Kier molecular flexibility index (Phi) is 5.81. The number of ketones is 1. The molecular formula is C25H24O7. The summed E-state index contributed by atoms with van der Waals surface area (Å²) in [5.74, 6) is 0.454. The molecule has 7 heteroatoms. The maximum Gasteiger partial charge on any atom is 0.204 e. The molecule has 2 N–H and O–H groups in total. The van der Waals surface area contributed by atoms with Crippen molar-refractivity contribution in [1.82, 2.24) is 0 Å². The predicted molar refractivity (Wildman–Crippen MR) is 117 cm³/mol. The van der Waals surface area contributed by atoms with Crippen LogP contribution in [0.5, 0.6) is 34.5 Å². The second kappa shape index (κ2) is 8.70. The number of phenolic OH excluding ortho intramolecular Hbond substituents is 2. The Morgan fingerprint density at radius 2 is 1.69 bits per heavy atom.